The largest absolute Gasteiger partial charge is 0.455 e. The van der Waals surface area contributed by atoms with Crippen molar-refractivity contribution < 1.29 is 4.42 Å². The molecule has 53 heavy (non-hydrogen) atoms. The molecule has 0 saturated heterocycles. The van der Waals surface area contributed by atoms with Gasteiger partial charge in [0.2, 0.25) is 0 Å². The molecule has 0 N–H and O–H groups in total. The van der Waals surface area contributed by atoms with Crippen molar-refractivity contribution in [1.82, 2.24) is 9.97 Å². The summed E-state index contributed by atoms with van der Waals surface area (Å²) in [5.74, 6) is 0.686. The molecule has 0 bridgehead atoms. The molecule has 0 aliphatic carbocycles. The Morgan fingerprint density at radius 3 is 1.68 bits per heavy atom. The van der Waals surface area contributed by atoms with Gasteiger partial charge in [-0.3, -0.25) is 0 Å². The normalized spacial score (nSPS) is 11.4. The molecular weight excluding hydrogens is 645 g/mol. The number of para-hydroxylation sites is 2. The van der Waals surface area contributed by atoms with Crippen LogP contribution in [0.25, 0.3) is 100.0 Å². The Hall–Kier alpha value is -7.10. The van der Waals surface area contributed by atoms with Gasteiger partial charge in [0, 0.05) is 33.0 Å². The predicted octanol–water partition coefficient (Wildman–Crippen LogP) is 13.5. The van der Waals surface area contributed by atoms with E-state index in [1.807, 2.05) is 18.2 Å². The van der Waals surface area contributed by atoms with E-state index in [0.717, 1.165) is 94.2 Å². The van der Waals surface area contributed by atoms with E-state index in [1.54, 1.807) is 0 Å². The van der Waals surface area contributed by atoms with Crippen LogP contribution in [0.5, 0.6) is 0 Å². The first-order valence-electron chi connectivity index (χ1n) is 17.9. The van der Waals surface area contributed by atoms with Crippen molar-refractivity contribution in [3.63, 3.8) is 0 Å². The molecule has 10 aromatic rings. The van der Waals surface area contributed by atoms with Gasteiger partial charge in [-0.1, -0.05) is 158 Å². The van der Waals surface area contributed by atoms with Crippen molar-refractivity contribution in [2.24, 2.45) is 0 Å². The highest BCUT2D eigenvalue weighted by Crippen LogP contribution is 2.40. The van der Waals surface area contributed by atoms with Gasteiger partial charge in [0.05, 0.1) is 11.4 Å². The highest BCUT2D eigenvalue weighted by atomic mass is 16.3. The van der Waals surface area contributed by atoms with E-state index in [1.165, 1.54) is 0 Å². The Balaban J connectivity index is 1.22. The number of benzene rings is 8. The monoisotopic (exact) mass is 676 g/mol. The molecule has 0 aliphatic heterocycles. The van der Waals surface area contributed by atoms with Crippen LogP contribution >= 0.6 is 0 Å². The average molecular weight is 677 g/mol. The lowest BCUT2D eigenvalue weighted by Crippen LogP contribution is -1.97. The minimum absolute atomic E-state index is 0.686. The van der Waals surface area contributed by atoms with E-state index < -0.39 is 0 Å². The SMILES string of the molecule is c1ccc(-c2cccc(-c3cc(-c4cc(-c5ccccc5)cc(-c5cccc6c5oc5ccccc56)c4)nc(-c4cccc5ccccc45)n3)c2)cc1. The Labute approximate surface area is 307 Å². The second-order valence-electron chi connectivity index (χ2n) is 13.4. The molecule has 3 heteroatoms. The van der Waals surface area contributed by atoms with Gasteiger partial charge in [-0.05, 0) is 75.0 Å². The molecule has 10 rings (SSSR count). The second-order valence-corrected chi connectivity index (χ2v) is 13.4. The summed E-state index contributed by atoms with van der Waals surface area (Å²) in [5.41, 5.74) is 13.1. The Morgan fingerprint density at radius 1 is 0.321 bits per heavy atom. The van der Waals surface area contributed by atoms with Crippen LogP contribution in [-0.4, -0.2) is 9.97 Å². The first kappa shape index (κ1) is 30.7. The molecular formula is C50H32N2O. The van der Waals surface area contributed by atoms with Gasteiger partial charge in [0.1, 0.15) is 11.2 Å². The van der Waals surface area contributed by atoms with Crippen LogP contribution in [0.2, 0.25) is 0 Å². The zero-order valence-electron chi connectivity index (χ0n) is 28.8. The van der Waals surface area contributed by atoms with E-state index in [9.17, 15) is 0 Å². The molecule has 0 amide bonds. The summed E-state index contributed by atoms with van der Waals surface area (Å²) >= 11 is 0. The Morgan fingerprint density at radius 2 is 0.849 bits per heavy atom. The number of rotatable bonds is 6. The molecule has 3 nitrogen and oxygen atoms in total. The zero-order chi connectivity index (χ0) is 35.1. The van der Waals surface area contributed by atoms with Gasteiger partial charge in [-0.2, -0.15) is 0 Å². The molecule has 248 valence electrons. The van der Waals surface area contributed by atoms with E-state index in [2.05, 4.69) is 176 Å². The molecule has 0 spiro atoms. The fraction of sp³-hybridized carbons (Fsp3) is 0. The summed E-state index contributed by atoms with van der Waals surface area (Å²) in [6.45, 7) is 0. The maximum atomic E-state index is 6.55. The highest BCUT2D eigenvalue weighted by Gasteiger charge is 2.17. The van der Waals surface area contributed by atoms with Gasteiger partial charge in [0.15, 0.2) is 5.82 Å². The summed E-state index contributed by atoms with van der Waals surface area (Å²) in [6.07, 6.45) is 0. The van der Waals surface area contributed by atoms with E-state index >= 15 is 0 Å². The third-order valence-electron chi connectivity index (χ3n) is 10.1. The number of furan rings is 1. The molecule has 2 aromatic heterocycles. The molecule has 0 unspecified atom stereocenters. The van der Waals surface area contributed by atoms with Crippen LogP contribution in [0.4, 0.5) is 0 Å². The van der Waals surface area contributed by atoms with Crippen LogP contribution < -0.4 is 0 Å². The maximum absolute atomic E-state index is 6.55. The van der Waals surface area contributed by atoms with E-state index in [0.29, 0.717) is 5.82 Å². The van der Waals surface area contributed by atoms with Gasteiger partial charge < -0.3 is 4.42 Å². The fourth-order valence-electron chi connectivity index (χ4n) is 7.48. The quantitative estimate of drug-likeness (QED) is 0.176. The molecule has 0 radical (unpaired) electrons. The third-order valence-corrected chi connectivity index (χ3v) is 10.1. The lowest BCUT2D eigenvalue weighted by atomic mass is 9.93. The van der Waals surface area contributed by atoms with E-state index in [-0.39, 0.29) is 0 Å². The van der Waals surface area contributed by atoms with Crippen LogP contribution in [0.1, 0.15) is 0 Å². The maximum Gasteiger partial charge on any atom is 0.161 e. The molecule has 0 atom stereocenters. The van der Waals surface area contributed by atoms with Crippen molar-refractivity contribution in [3.8, 4) is 67.3 Å². The van der Waals surface area contributed by atoms with Crippen molar-refractivity contribution in [1.29, 1.82) is 0 Å². The van der Waals surface area contributed by atoms with Crippen LogP contribution in [-0.2, 0) is 0 Å². The first-order chi connectivity index (χ1) is 26.2. The lowest BCUT2D eigenvalue weighted by Gasteiger charge is -2.14. The number of fused-ring (bicyclic) bond motifs is 4. The van der Waals surface area contributed by atoms with Crippen molar-refractivity contribution in [3.05, 3.63) is 194 Å². The minimum atomic E-state index is 0.686. The molecule has 0 saturated carbocycles. The fourth-order valence-corrected chi connectivity index (χ4v) is 7.48. The van der Waals surface area contributed by atoms with Crippen LogP contribution in [0, 0.1) is 0 Å². The molecule has 2 heterocycles. The van der Waals surface area contributed by atoms with Gasteiger partial charge in [-0.25, -0.2) is 9.97 Å². The Kier molecular flexibility index (Phi) is 7.47. The summed E-state index contributed by atoms with van der Waals surface area (Å²) in [7, 11) is 0. The van der Waals surface area contributed by atoms with Gasteiger partial charge in [-0.15, -0.1) is 0 Å². The molecule has 0 aliphatic rings. The van der Waals surface area contributed by atoms with E-state index in [4.69, 9.17) is 14.4 Å². The lowest BCUT2D eigenvalue weighted by molar-refractivity contribution is 0.670. The van der Waals surface area contributed by atoms with Crippen LogP contribution in [0.3, 0.4) is 0 Å². The van der Waals surface area contributed by atoms with Crippen LogP contribution in [0.15, 0.2) is 199 Å². The summed E-state index contributed by atoms with van der Waals surface area (Å²) < 4.78 is 6.55. The average Bonchev–Trinajstić information content (AvgIpc) is 3.63. The highest BCUT2D eigenvalue weighted by molar-refractivity contribution is 6.10. The number of aromatic nitrogens is 2. The van der Waals surface area contributed by atoms with Crippen molar-refractivity contribution in [2.75, 3.05) is 0 Å². The third kappa shape index (κ3) is 5.65. The topological polar surface area (TPSA) is 38.9 Å². The second kappa shape index (κ2) is 12.9. The zero-order valence-corrected chi connectivity index (χ0v) is 28.8. The van der Waals surface area contributed by atoms with Gasteiger partial charge in [0.25, 0.3) is 0 Å². The predicted molar refractivity (Wildman–Crippen MR) is 219 cm³/mol. The van der Waals surface area contributed by atoms with Gasteiger partial charge >= 0.3 is 0 Å². The van der Waals surface area contributed by atoms with Crippen molar-refractivity contribution in [2.45, 2.75) is 0 Å². The van der Waals surface area contributed by atoms with Crippen molar-refractivity contribution >= 4 is 32.7 Å². The number of hydrogen-bond acceptors (Lipinski definition) is 3. The number of nitrogens with zero attached hydrogens (tertiary/aromatic N) is 2. The minimum Gasteiger partial charge on any atom is -0.455 e. The summed E-state index contributed by atoms with van der Waals surface area (Å²) in [5, 5.41) is 4.48. The molecule has 8 aromatic carbocycles. The molecule has 0 fully saturated rings. The standard InChI is InChI=1S/C50H32N2O/c1-3-14-33(15-4-1)36-20-11-21-37(28-36)46-32-47(52-50(51-46)45-26-12-19-35-18-7-8-22-41(35)45)40-30-38(34-16-5-2-6-17-34)29-39(31-40)42-24-13-25-44-43-23-9-10-27-48(43)53-49(42)44/h1-32H. The number of hydrogen-bond donors (Lipinski definition) is 0. The summed E-state index contributed by atoms with van der Waals surface area (Å²) in [6, 6.07) is 68.0. The Bertz CT molecular complexity index is 2940. The smallest absolute Gasteiger partial charge is 0.161 e. The first-order valence-corrected chi connectivity index (χ1v) is 17.9. The summed E-state index contributed by atoms with van der Waals surface area (Å²) in [4.78, 5) is 10.6.